The van der Waals surface area contributed by atoms with Crippen molar-refractivity contribution in [2.24, 2.45) is 0 Å². The average molecular weight is 285 g/mol. The van der Waals surface area contributed by atoms with E-state index < -0.39 is 23.7 Å². The van der Waals surface area contributed by atoms with Gasteiger partial charge in [0, 0.05) is 6.54 Å². The molecule has 0 spiro atoms. The van der Waals surface area contributed by atoms with Gasteiger partial charge in [-0.05, 0) is 34.0 Å². The van der Waals surface area contributed by atoms with Crippen molar-refractivity contribution in [2.75, 3.05) is 27.2 Å². The number of nitrogens with one attached hydrogen (secondary N) is 2. The quantitative estimate of drug-likeness (QED) is 0.626. The highest BCUT2D eigenvalue weighted by Gasteiger charge is 2.58. The number of urea groups is 1. The maximum Gasteiger partial charge on any atom is 0.422 e. The Morgan fingerprint density at radius 1 is 1.26 bits per heavy atom. The monoisotopic (exact) mass is 285 g/mol. The first-order valence-electron chi connectivity index (χ1n) is 5.51. The van der Waals surface area contributed by atoms with E-state index >= 15 is 0 Å². The number of amides is 2. The van der Waals surface area contributed by atoms with E-state index in [-0.39, 0.29) is 6.54 Å². The van der Waals surface area contributed by atoms with Crippen molar-refractivity contribution in [1.29, 1.82) is 0 Å². The Kier molecular flexibility index (Phi) is 6.07. The van der Waals surface area contributed by atoms with Gasteiger partial charge in [0.1, 0.15) is 0 Å². The fraction of sp³-hybridized carbons (Fsp3) is 0.800. The molecule has 0 bridgehead atoms. The van der Waals surface area contributed by atoms with Crippen LogP contribution in [-0.4, -0.2) is 60.9 Å². The largest absolute Gasteiger partial charge is 0.479 e. The molecule has 0 fully saturated rings. The third-order valence-corrected chi connectivity index (χ3v) is 2.43. The number of carboxylic acid groups (broad SMARTS) is 1. The summed E-state index contributed by atoms with van der Waals surface area (Å²) >= 11 is 0. The topological polar surface area (TPSA) is 81.7 Å². The summed E-state index contributed by atoms with van der Waals surface area (Å²) in [5, 5.41) is 12.2. The molecule has 0 radical (unpaired) electrons. The van der Waals surface area contributed by atoms with Crippen LogP contribution in [0.3, 0.4) is 0 Å². The Bertz CT molecular complexity index is 334. The van der Waals surface area contributed by atoms with Gasteiger partial charge in [0.05, 0.1) is 0 Å². The molecule has 1 unspecified atom stereocenters. The molecule has 2 amide bonds. The minimum absolute atomic E-state index is 0.150. The van der Waals surface area contributed by atoms with E-state index in [1.807, 2.05) is 19.0 Å². The Morgan fingerprint density at radius 2 is 1.79 bits per heavy atom. The highest BCUT2D eigenvalue weighted by Crippen LogP contribution is 2.30. The minimum Gasteiger partial charge on any atom is -0.479 e. The molecule has 0 heterocycles. The SMILES string of the molecule is CN(C)CCCNC(=O)NC(C)(C(=O)O)C(F)(F)F. The summed E-state index contributed by atoms with van der Waals surface area (Å²) in [6.07, 6.45) is -4.55. The number of hydrogen-bond acceptors (Lipinski definition) is 3. The zero-order chi connectivity index (χ0) is 15.3. The Labute approximate surface area is 108 Å². The molecule has 6 nitrogen and oxygen atoms in total. The standard InChI is InChI=1S/C10H18F3N3O3/c1-9(7(17)18,10(11,12)13)15-8(19)14-5-4-6-16(2)3/h4-6H2,1-3H3,(H,17,18)(H2,14,15,19). The lowest BCUT2D eigenvalue weighted by Crippen LogP contribution is -2.63. The van der Waals surface area contributed by atoms with E-state index in [0.717, 1.165) is 0 Å². The van der Waals surface area contributed by atoms with Crippen LogP contribution >= 0.6 is 0 Å². The molecule has 19 heavy (non-hydrogen) atoms. The number of halogens is 3. The van der Waals surface area contributed by atoms with E-state index in [4.69, 9.17) is 5.11 Å². The van der Waals surface area contributed by atoms with Crippen molar-refractivity contribution in [1.82, 2.24) is 15.5 Å². The predicted molar refractivity (Wildman–Crippen MR) is 61.8 cm³/mol. The number of rotatable bonds is 6. The van der Waals surface area contributed by atoms with Crippen LogP contribution in [0.2, 0.25) is 0 Å². The van der Waals surface area contributed by atoms with Gasteiger partial charge in [-0.2, -0.15) is 13.2 Å². The first-order chi connectivity index (χ1) is 8.50. The van der Waals surface area contributed by atoms with Crippen molar-refractivity contribution < 1.29 is 27.9 Å². The first kappa shape index (κ1) is 17.5. The lowest BCUT2D eigenvalue weighted by molar-refractivity contribution is -0.203. The van der Waals surface area contributed by atoms with E-state index in [2.05, 4.69) is 5.32 Å². The molecular formula is C10H18F3N3O3. The second-order valence-electron chi connectivity index (χ2n) is 4.47. The van der Waals surface area contributed by atoms with Gasteiger partial charge in [-0.25, -0.2) is 9.59 Å². The fourth-order valence-corrected chi connectivity index (χ4v) is 1.11. The van der Waals surface area contributed by atoms with Crippen LogP contribution in [0.1, 0.15) is 13.3 Å². The van der Waals surface area contributed by atoms with Gasteiger partial charge in [-0.15, -0.1) is 0 Å². The summed E-state index contributed by atoms with van der Waals surface area (Å²) in [7, 11) is 3.62. The molecular weight excluding hydrogens is 267 g/mol. The molecule has 0 aromatic carbocycles. The fourth-order valence-electron chi connectivity index (χ4n) is 1.11. The lowest BCUT2D eigenvalue weighted by Gasteiger charge is -2.28. The molecule has 9 heteroatoms. The normalized spacial score (nSPS) is 14.9. The maximum atomic E-state index is 12.6. The molecule has 0 rings (SSSR count). The number of hydrogen-bond donors (Lipinski definition) is 3. The molecule has 0 aliphatic rings. The van der Waals surface area contributed by atoms with Gasteiger partial charge < -0.3 is 20.6 Å². The van der Waals surface area contributed by atoms with E-state index in [0.29, 0.717) is 19.9 Å². The van der Waals surface area contributed by atoms with Crippen LogP contribution in [0.4, 0.5) is 18.0 Å². The minimum atomic E-state index is -5.08. The second kappa shape index (κ2) is 6.60. The highest BCUT2D eigenvalue weighted by atomic mass is 19.4. The van der Waals surface area contributed by atoms with Crippen molar-refractivity contribution >= 4 is 12.0 Å². The molecule has 1 atom stereocenters. The molecule has 0 aliphatic heterocycles. The number of alkyl halides is 3. The second-order valence-corrected chi connectivity index (χ2v) is 4.47. The number of carbonyl (C=O) groups is 2. The highest BCUT2D eigenvalue weighted by molar-refractivity contribution is 5.86. The Morgan fingerprint density at radius 3 is 2.16 bits per heavy atom. The summed E-state index contributed by atoms with van der Waals surface area (Å²) in [5.41, 5.74) is -3.31. The number of nitrogens with zero attached hydrogens (tertiary/aromatic N) is 1. The third kappa shape index (κ3) is 5.33. The number of carbonyl (C=O) groups excluding carboxylic acids is 1. The van der Waals surface area contributed by atoms with Crippen molar-refractivity contribution in [3.63, 3.8) is 0 Å². The van der Waals surface area contributed by atoms with Crippen LogP contribution in [0.25, 0.3) is 0 Å². The van der Waals surface area contributed by atoms with Gasteiger partial charge in [0.15, 0.2) is 0 Å². The molecule has 0 saturated heterocycles. The number of aliphatic carboxylic acids is 1. The number of carboxylic acids is 1. The Balaban J connectivity index is 4.39. The molecule has 3 N–H and O–H groups in total. The molecule has 0 aromatic rings. The van der Waals surface area contributed by atoms with Gasteiger partial charge in [0.2, 0.25) is 5.54 Å². The first-order valence-corrected chi connectivity index (χ1v) is 5.51. The van der Waals surface area contributed by atoms with E-state index in [1.165, 1.54) is 5.32 Å². The molecule has 0 saturated carbocycles. The zero-order valence-corrected chi connectivity index (χ0v) is 11.0. The zero-order valence-electron chi connectivity index (χ0n) is 11.0. The summed E-state index contributed by atoms with van der Waals surface area (Å²) in [6, 6.07) is -1.17. The van der Waals surface area contributed by atoms with Crippen molar-refractivity contribution in [3.05, 3.63) is 0 Å². The van der Waals surface area contributed by atoms with Gasteiger partial charge in [-0.1, -0.05) is 0 Å². The van der Waals surface area contributed by atoms with Crippen LogP contribution in [0.5, 0.6) is 0 Å². The third-order valence-electron chi connectivity index (χ3n) is 2.43. The van der Waals surface area contributed by atoms with Gasteiger partial charge in [0.25, 0.3) is 0 Å². The predicted octanol–water partition coefficient (Wildman–Crippen LogP) is 0.643. The summed E-state index contributed by atoms with van der Waals surface area (Å²) in [5.74, 6) is -2.16. The smallest absolute Gasteiger partial charge is 0.422 e. The van der Waals surface area contributed by atoms with Crippen LogP contribution in [0.15, 0.2) is 0 Å². The van der Waals surface area contributed by atoms with E-state index in [1.54, 1.807) is 0 Å². The lowest BCUT2D eigenvalue weighted by atomic mass is 10.0. The van der Waals surface area contributed by atoms with Crippen molar-refractivity contribution in [2.45, 2.75) is 25.1 Å². The summed E-state index contributed by atoms with van der Waals surface area (Å²) < 4.78 is 37.7. The summed E-state index contributed by atoms with van der Waals surface area (Å²) in [6.45, 7) is 1.20. The van der Waals surface area contributed by atoms with Gasteiger partial charge >= 0.3 is 18.2 Å². The Hall–Kier alpha value is -1.51. The van der Waals surface area contributed by atoms with Crippen LogP contribution < -0.4 is 10.6 Å². The molecule has 0 aliphatic carbocycles. The van der Waals surface area contributed by atoms with Crippen LogP contribution in [0, 0.1) is 0 Å². The molecule has 0 aromatic heterocycles. The maximum absolute atomic E-state index is 12.6. The van der Waals surface area contributed by atoms with Crippen LogP contribution in [-0.2, 0) is 4.79 Å². The summed E-state index contributed by atoms with van der Waals surface area (Å²) in [4.78, 5) is 23.8. The van der Waals surface area contributed by atoms with E-state index in [9.17, 15) is 22.8 Å². The van der Waals surface area contributed by atoms with Gasteiger partial charge in [-0.3, -0.25) is 0 Å². The molecule has 112 valence electrons. The average Bonchev–Trinajstić information content (AvgIpc) is 2.22. The van der Waals surface area contributed by atoms with Crippen molar-refractivity contribution in [3.8, 4) is 0 Å².